The second-order valence-corrected chi connectivity index (χ2v) is 14.0. The highest BCUT2D eigenvalue weighted by atomic mass is 19.1. The van der Waals surface area contributed by atoms with Gasteiger partial charge in [-0.3, -0.25) is 0 Å². The van der Waals surface area contributed by atoms with E-state index >= 15 is 8.78 Å². The molecule has 0 saturated heterocycles. The van der Waals surface area contributed by atoms with Crippen LogP contribution in [0.25, 0.3) is 0 Å². The average Bonchev–Trinajstić information content (AvgIpc) is 3.27. The summed E-state index contributed by atoms with van der Waals surface area (Å²) in [5, 5.41) is 23.2. The van der Waals surface area contributed by atoms with Gasteiger partial charge in [0.1, 0.15) is 72.4 Å². The Labute approximate surface area is 346 Å². The number of benzene rings is 6. The second kappa shape index (κ2) is 22.7. The van der Waals surface area contributed by atoms with Crippen LogP contribution < -0.4 is 9.47 Å². The van der Waals surface area contributed by atoms with Crippen LogP contribution in [0.3, 0.4) is 0 Å². The van der Waals surface area contributed by atoms with Gasteiger partial charge in [0.15, 0.2) is 0 Å². The molecule has 0 heterocycles. The minimum absolute atomic E-state index is 0.0954. The van der Waals surface area contributed by atoms with E-state index in [9.17, 15) is 19.0 Å². The van der Waals surface area contributed by atoms with Crippen molar-refractivity contribution in [1.29, 1.82) is 0 Å². The van der Waals surface area contributed by atoms with Gasteiger partial charge >= 0.3 is 0 Å². The van der Waals surface area contributed by atoms with E-state index in [1.807, 2.05) is 60.7 Å². The number of hydrogen-bond acceptors (Lipinski definition) is 8. The quantitative estimate of drug-likeness (QED) is 0.0619. The van der Waals surface area contributed by atoms with Crippen molar-refractivity contribution in [2.45, 2.75) is 64.1 Å². The summed E-state index contributed by atoms with van der Waals surface area (Å²) in [6, 6.07) is 38.8. The fraction of sp³-hybridized carbons (Fsp3) is 0.250. The Morgan fingerprint density at radius 1 is 0.400 bits per heavy atom. The molecule has 0 aliphatic rings. The fourth-order valence-electron chi connectivity index (χ4n) is 6.02. The largest absolute Gasteiger partial charge is 0.489 e. The van der Waals surface area contributed by atoms with E-state index in [2.05, 4.69) is 0 Å². The Kier molecular flexibility index (Phi) is 16.6. The summed E-state index contributed by atoms with van der Waals surface area (Å²) in [6.45, 7) is -0.695. The Morgan fingerprint density at radius 2 is 0.767 bits per heavy atom. The van der Waals surface area contributed by atoms with E-state index in [4.69, 9.17) is 28.4 Å². The van der Waals surface area contributed by atoms with Crippen molar-refractivity contribution < 1.29 is 56.2 Å². The molecule has 0 radical (unpaired) electrons. The number of ether oxygens (including phenoxy) is 6. The van der Waals surface area contributed by atoms with Gasteiger partial charge in [-0.1, -0.05) is 97.1 Å². The first-order valence-corrected chi connectivity index (χ1v) is 19.3. The maximum atomic E-state index is 15.1. The third-order valence-electron chi connectivity index (χ3n) is 9.49. The molecule has 6 aromatic carbocycles. The van der Waals surface area contributed by atoms with Crippen LogP contribution in [-0.4, -0.2) is 47.8 Å². The average molecular weight is 827 g/mol. The molecule has 0 spiro atoms. The summed E-state index contributed by atoms with van der Waals surface area (Å²) >= 11 is 0. The lowest BCUT2D eigenvalue weighted by Crippen LogP contribution is -2.49. The van der Waals surface area contributed by atoms with Crippen molar-refractivity contribution in [3.63, 3.8) is 0 Å². The van der Waals surface area contributed by atoms with Crippen LogP contribution >= 0.6 is 0 Å². The van der Waals surface area contributed by atoms with Gasteiger partial charge in [0.25, 0.3) is 0 Å². The Bertz CT molecular complexity index is 2020. The van der Waals surface area contributed by atoms with E-state index in [1.165, 1.54) is 72.8 Å². The molecule has 8 nitrogen and oxygen atoms in total. The summed E-state index contributed by atoms with van der Waals surface area (Å²) in [5.41, 5.74) is 3.43. The molecule has 6 aromatic rings. The van der Waals surface area contributed by atoms with Crippen LogP contribution in [-0.2, 0) is 58.6 Å². The summed E-state index contributed by atoms with van der Waals surface area (Å²) in [7, 11) is 0. The fourth-order valence-corrected chi connectivity index (χ4v) is 6.02. The van der Waals surface area contributed by atoms with Crippen LogP contribution in [0.1, 0.15) is 33.4 Å². The molecular formula is C48H46F4O8. The molecule has 0 unspecified atom stereocenters. The molecule has 4 atom stereocenters. The van der Waals surface area contributed by atoms with Crippen molar-refractivity contribution in [3.8, 4) is 11.5 Å². The van der Waals surface area contributed by atoms with Gasteiger partial charge in [-0.2, -0.15) is 0 Å². The summed E-state index contributed by atoms with van der Waals surface area (Å²) in [4.78, 5) is 0. The molecule has 0 saturated carbocycles. The third kappa shape index (κ3) is 13.7. The Hall–Kier alpha value is -5.60. The highest BCUT2D eigenvalue weighted by Crippen LogP contribution is 2.23. The molecule has 60 heavy (non-hydrogen) atoms. The summed E-state index contributed by atoms with van der Waals surface area (Å²) in [5.74, 6) is -1.35. The molecular weight excluding hydrogens is 781 g/mol. The number of rotatable bonds is 23. The molecule has 0 fully saturated rings. The van der Waals surface area contributed by atoms with Gasteiger partial charge in [-0.15, -0.1) is 0 Å². The SMILES string of the molecule is O[C@@H]([C@H](O)[C@@H](COCc1ccc(OCc2ccccc2)cc1F)OCc1ccc(F)cc1)[C@@H](COCc1ccc(OCc2ccccc2)cc1F)OCc1ccc(F)cc1. The maximum Gasteiger partial charge on any atom is 0.132 e. The maximum absolute atomic E-state index is 15.1. The molecule has 0 aliphatic heterocycles. The van der Waals surface area contributed by atoms with Crippen molar-refractivity contribution in [2.24, 2.45) is 0 Å². The van der Waals surface area contributed by atoms with E-state index in [1.54, 1.807) is 12.1 Å². The first kappa shape index (κ1) is 44.0. The van der Waals surface area contributed by atoms with E-state index in [0.29, 0.717) is 22.6 Å². The minimum Gasteiger partial charge on any atom is -0.489 e. The zero-order valence-electron chi connectivity index (χ0n) is 32.7. The zero-order chi connectivity index (χ0) is 42.1. The minimum atomic E-state index is -1.66. The number of aliphatic hydroxyl groups excluding tert-OH is 2. The van der Waals surface area contributed by atoms with Crippen LogP contribution in [0.15, 0.2) is 146 Å². The van der Waals surface area contributed by atoms with Crippen molar-refractivity contribution >= 4 is 0 Å². The monoisotopic (exact) mass is 826 g/mol. The number of hydrogen-bond donors (Lipinski definition) is 2. The lowest BCUT2D eigenvalue weighted by Gasteiger charge is -2.32. The highest BCUT2D eigenvalue weighted by Gasteiger charge is 2.34. The summed E-state index contributed by atoms with van der Waals surface area (Å²) < 4.78 is 92.7. The van der Waals surface area contributed by atoms with E-state index in [-0.39, 0.29) is 64.0 Å². The lowest BCUT2D eigenvalue weighted by atomic mass is 10.0. The molecule has 0 bridgehead atoms. The van der Waals surface area contributed by atoms with Crippen molar-refractivity contribution in [3.05, 3.63) is 202 Å². The first-order valence-electron chi connectivity index (χ1n) is 19.3. The van der Waals surface area contributed by atoms with Gasteiger partial charge in [0.2, 0.25) is 0 Å². The Morgan fingerprint density at radius 3 is 1.13 bits per heavy atom. The van der Waals surface area contributed by atoms with Gasteiger partial charge < -0.3 is 38.6 Å². The molecule has 0 aromatic heterocycles. The number of aliphatic hydroxyl groups is 2. The first-order chi connectivity index (χ1) is 29.2. The standard InChI is InChI=1S/C48H46F4O8/c49-39-17-11-35(12-18-39)27-59-45(31-55-29-37-15-21-41(23-43(37)51)57-25-33-7-3-1-4-8-33)47(53)48(54)46(60-28-36-13-19-40(50)20-14-36)32-56-30-38-16-22-42(24-44(38)52)58-26-34-9-5-2-6-10-34/h1-24,45-48,53-54H,25-32H2/t45-,46-,47-,48-/m1/s1. The van der Waals surface area contributed by atoms with Gasteiger partial charge in [-0.05, 0) is 58.7 Å². The summed E-state index contributed by atoms with van der Waals surface area (Å²) in [6.07, 6.45) is -5.74. The Balaban J connectivity index is 1.11. The van der Waals surface area contributed by atoms with Gasteiger partial charge in [0.05, 0.1) is 39.6 Å². The smallest absolute Gasteiger partial charge is 0.132 e. The van der Waals surface area contributed by atoms with Gasteiger partial charge in [0, 0.05) is 23.3 Å². The topological polar surface area (TPSA) is 95.8 Å². The van der Waals surface area contributed by atoms with E-state index in [0.717, 1.165) is 11.1 Å². The predicted molar refractivity (Wildman–Crippen MR) is 216 cm³/mol. The van der Waals surface area contributed by atoms with Crippen molar-refractivity contribution in [2.75, 3.05) is 13.2 Å². The highest BCUT2D eigenvalue weighted by molar-refractivity contribution is 5.30. The molecule has 12 heteroatoms. The van der Waals surface area contributed by atoms with E-state index < -0.39 is 47.7 Å². The van der Waals surface area contributed by atoms with Crippen LogP contribution in [0.4, 0.5) is 17.6 Å². The third-order valence-corrected chi connectivity index (χ3v) is 9.49. The van der Waals surface area contributed by atoms with Crippen molar-refractivity contribution in [1.82, 2.24) is 0 Å². The zero-order valence-corrected chi connectivity index (χ0v) is 32.7. The van der Waals surface area contributed by atoms with Crippen LogP contribution in [0.2, 0.25) is 0 Å². The molecule has 0 amide bonds. The normalized spacial score (nSPS) is 13.4. The molecule has 6 rings (SSSR count). The molecule has 0 aliphatic carbocycles. The lowest BCUT2D eigenvalue weighted by molar-refractivity contribution is -0.170. The van der Waals surface area contributed by atoms with Crippen LogP contribution in [0, 0.1) is 23.3 Å². The van der Waals surface area contributed by atoms with Gasteiger partial charge in [-0.25, -0.2) is 17.6 Å². The second-order valence-electron chi connectivity index (χ2n) is 14.0. The predicted octanol–water partition coefficient (Wildman–Crippen LogP) is 9.03. The number of halogens is 4. The van der Waals surface area contributed by atoms with Crippen LogP contribution in [0.5, 0.6) is 11.5 Å². The molecule has 2 N–H and O–H groups in total. The molecule has 314 valence electrons.